The standard InChI is InChI=1S/C11H17FN2O/c1-7(15)11(2,3)14-9-6-4-5-8(12)10(9)13/h4-7,14-15H,13H2,1-3H3. The van der Waals surface area contributed by atoms with Crippen molar-refractivity contribution in [3.8, 4) is 0 Å². The Hall–Kier alpha value is -1.29. The van der Waals surface area contributed by atoms with Gasteiger partial charge < -0.3 is 16.2 Å². The molecule has 0 amide bonds. The Morgan fingerprint density at radius 3 is 2.60 bits per heavy atom. The van der Waals surface area contributed by atoms with Crippen LogP contribution in [0.3, 0.4) is 0 Å². The first-order valence-corrected chi connectivity index (χ1v) is 4.85. The zero-order valence-corrected chi connectivity index (χ0v) is 9.21. The molecule has 0 aliphatic carbocycles. The fourth-order valence-corrected chi connectivity index (χ4v) is 1.10. The molecule has 0 bridgehead atoms. The van der Waals surface area contributed by atoms with Gasteiger partial charge in [0.1, 0.15) is 5.82 Å². The summed E-state index contributed by atoms with van der Waals surface area (Å²) in [5, 5.41) is 12.5. The van der Waals surface area contributed by atoms with Crippen LogP contribution in [0, 0.1) is 5.82 Å². The van der Waals surface area contributed by atoms with Gasteiger partial charge in [-0.2, -0.15) is 0 Å². The largest absolute Gasteiger partial charge is 0.395 e. The fourth-order valence-electron chi connectivity index (χ4n) is 1.10. The first-order valence-electron chi connectivity index (χ1n) is 4.85. The highest BCUT2D eigenvalue weighted by atomic mass is 19.1. The van der Waals surface area contributed by atoms with Crippen molar-refractivity contribution >= 4 is 11.4 Å². The molecule has 0 aliphatic rings. The predicted octanol–water partition coefficient (Wildman–Crippen LogP) is 1.98. The monoisotopic (exact) mass is 212 g/mol. The lowest BCUT2D eigenvalue weighted by molar-refractivity contribution is 0.133. The molecule has 1 rings (SSSR count). The van der Waals surface area contributed by atoms with Gasteiger partial charge in [0, 0.05) is 0 Å². The summed E-state index contributed by atoms with van der Waals surface area (Å²) in [6.45, 7) is 5.31. The minimum Gasteiger partial charge on any atom is -0.395 e. The molecule has 1 aromatic carbocycles. The van der Waals surface area contributed by atoms with Crippen LogP contribution in [-0.4, -0.2) is 16.7 Å². The summed E-state index contributed by atoms with van der Waals surface area (Å²) in [5.74, 6) is -0.457. The number of rotatable bonds is 3. The maximum Gasteiger partial charge on any atom is 0.148 e. The maximum atomic E-state index is 13.1. The average molecular weight is 212 g/mol. The Morgan fingerprint density at radius 1 is 1.47 bits per heavy atom. The topological polar surface area (TPSA) is 58.3 Å². The molecular formula is C11H17FN2O. The van der Waals surface area contributed by atoms with E-state index in [0.717, 1.165) is 0 Å². The van der Waals surface area contributed by atoms with Gasteiger partial charge in [-0.25, -0.2) is 4.39 Å². The van der Waals surface area contributed by atoms with Crippen LogP contribution in [0.15, 0.2) is 18.2 Å². The van der Waals surface area contributed by atoms with Gasteiger partial charge in [-0.15, -0.1) is 0 Å². The summed E-state index contributed by atoms with van der Waals surface area (Å²) in [4.78, 5) is 0. The second kappa shape index (κ2) is 4.06. The molecule has 0 saturated heterocycles. The molecule has 1 atom stereocenters. The van der Waals surface area contributed by atoms with E-state index in [1.54, 1.807) is 19.1 Å². The average Bonchev–Trinajstić information content (AvgIpc) is 2.12. The van der Waals surface area contributed by atoms with Crippen LogP contribution >= 0.6 is 0 Å². The van der Waals surface area contributed by atoms with Crippen molar-refractivity contribution < 1.29 is 9.50 Å². The number of nitrogens with one attached hydrogen (secondary N) is 1. The number of para-hydroxylation sites is 1. The Kier molecular flexibility index (Phi) is 3.19. The number of hydrogen-bond donors (Lipinski definition) is 3. The molecule has 0 heterocycles. The Balaban J connectivity index is 2.95. The van der Waals surface area contributed by atoms with E-state index in [1.165, 1.54) is 6.07 Å². The van der Waals surface area contributed by atoms with E-state index in [2.05, 4.69) is 5.32 Å². The van der Waals surface area contributed by atoms with Crippen molar-refractivity contribution in [2.75, 3.05) is 11.1 Å². The lowest BCUT2D eigenvalue weighted by Gasteiger charge is -2.31. The molecule has 15 heavy (non-hydrogen) atoms. The number of nitrogen functional groups attached to an aromatic ring is 1. The van der Waals surface area contributed by atoms with Crippen LogP contribution in [0.4, 0.5) is 15.8 Å². The molecule has 0 aromatic heterocycles. The van der Waals surface area contributed by atoms with E-state index in [4.69, 9.17) is 5.73 Å². The van der Waals surface area contributed by atoms with Gasteiger partial charge in [0.15, 0.2) is 0 Å². The summed E-state index contributed by atoms with van der Waals surface area (Å²) in [6, 6.07) is 4.56. The number of halogens is 1. The van der Waals surface area contributed by atoms with Crippen LogP contribution in [-0.2, 0) is 0 Å². The SMILES string of the molecule is CC(O)C(C)(C)Nc1cccc(F)c1N. The zero-order chi connectivity index (χ0) is 11.6. The number of aliphatic hydroxyl groups is 1. The molecule has 1 aromatic rings. The van der Waals surface area contributed by atoms with Gasteiger partial charge in [-0.1, -0.05) is 6.07 Å². The Labute approximate surface area is 89.1 Å². The van der Waals surface area contributed by atoms with Gasteiger partial charge in [0.2, 0.25) is 0 Å². The quantitative estimate of drug-likeness (QED) is 0.671. The lowest BCUT2D eigenvalue weighted by atomic mass is 9.98. The second-order valence-electron chi connectivity index (χ2n) is 4.22. The summed E-state index contributed by atoms with van der Waals surface area (Å²) in [6.07, 6.45) is -0.569. The predicted molar refractivity (Wildman–Crippen MR) is 60.2 cm³/mol. The summed E-state index contributed by atoms with van der Waals surface area (Å²) >= 11 is 0. The van der Waals surface area contributed by atoms with Crippen LogP contribution in [0.1, 0.15) is 20.8 Å². The number of aliphatic hydroxyl groups excluding tert-OH is 1. The van der Waals surface area contributed by atoms with Crippen LogP contribution < -0.4 is 11.1 Å². The minimum atomic E-state index is -0.569. The first-order chi connectivity index (χ1) is 6.84. The van der Waals surface area contributed by atoms with Crippen molar-refractivity contribution in [1.29, 1.82) is 0 Å². The number of anilines is 2. The zero-order valence-electron chi connectivity index (χ0n) is 9.21. The molecule has 3 nitrogen and oxygen atoms in total. The third kappa shape index (κ3) is 2.59. The highest BCUT2D eigenvalue weighted by Gasteiger charge is 2.24. The van der Waals surface area contributed by atoms with Gasteiger partial charge in [-0.3, -0.25) is 0 Å². The molecule has 4 heteroatoms. The molecule has 1 unspecified atom stereocenters. The van der Waals surface area contributed by atoms with Crippen LogP contribution in [0.25, 0.3) is 0 Å². The molecule has 0 aliphatic heterocycles. The molecular weight excluding hydrogens is 195 g/mol. The summed E-state index contributed by atoms with van der Waals surface area (Å²) in [5.41, 5.74) is 5.59. The number of hydrogen-bond acceptors (Lipinski definition) is 3. The van der Waals surface area contributed by atoms with Crippen LogP contribution in [0.2, 0.25) is 0 Å². The van der Waals surface area contributed by atoms with Crippen LogP contribution in [0.5, 0.6) is 0 Å². The highest BCUT2D eigenvalue weighted by molar-refractivity contribution is 5.67. The highest BCUT2D eigenvalue weighted by Crippen LogP contribution is 2.25. The smallest absolute Gasteiger partial charge is 0.148 e. The van der Waals surface area contributed by atoms with E-state index < -0.39 is 17.5 Å². The maximum absolute atomic E-state index is 13.1. The van der Waals surface area contributed by atoms with Gasteiger partial charge >= 0.3 is 0 Å². The van der Waals surface area contributed by atoms with Crippen molar-refractivity contribution in [2.24, 2.45) is 0 Å². The first kappa shape index (κ1) is 11.8. The molecule has 0 fully saturated rings. The Morgan fingerprint density at radius 2 is 2.07 bits per heavy atom. The molecule has 0 radical (unpaired) electrons. The van der Waals surface area contributed by atoms with Crippen molar-refractivity contribution in [2.45, 2.75) is 32.4 Å². The van der Waals surface area contributed by atoms with Crippen molar-refractivity contribution in [1.82, 2.24) is 0 Å². The lowest BCUT2D eigenvalue weighted by Crippen LogP contribution is -2.42. The Bertz CT molecular complexity index is 350. The van der Waals surface area contributed by atoms with Gasteiger partial charge in [0.25, 0.3) is 0 Å². The molecule has 0 spiro atoms. The third-order valence-electron chi connectivity index (χ3n) is 2.55. The van der Waals surface area contributed by atoms with E-state index in [-0.39, 0.29) is 5.69 Å². The van der Waals surface area contributed by atoms with E-state index in [0.29, 0.717) is 5.69 Å². The van der Waals surface area contributed by atoms with E-state index >= 15 is 0 Å². The number of nitrogens with two attached hydrogens (primary N) is 1. The summed E-state index contributed by atoms with van der Waals surface area (Å²) in [7, 11) is 0. The van der Waals surface area contributed by atoms with Gasteiger partial charge in [-0.05, 0) is 32.9 Å². The summed E-state index contributed by atoms with van der Waals surface area (Å²) < 4.78 is 13.1. The van der Waals surface area contributed by atoms with Crippen molar-refractivity contribution in [3.05, 3.63) is 24.0 Å². The molecule has 84 valence electrons. The van der Waals surface area contributed by atoms with Gasteiger partial charge in [0.05, 0.1) is 23.0 Å². The second-order valence-corrected chi connectivity index (χ2v) is 4.22. The van der Waals surface area contributed by atoms with E-state index in [1.807, 2.05) is 13.8 Å². The third-order valence-corrected chi connectivity index (χ3v) is 2.55. The van der Waals surface area contributed by atoms with Crippen molar-refractivity contribution in [3.63, 3.8) is 0 Å². The minimum absolute atomic E-state index is 0.0752. The van der Waals surface area contributed by atoms with E-state index in [9.17, 15) is 9.50 Å². The normalized spacial score (nSPS) is 13.7. The fraction of sp³-hybridized carbons (Fsp3) is 0.455. The molecule has 0 saturated carbocycles. The molecule has 4 N–H and O–H groups in total. The number of benzene rings is 1.